The molecule has 32 heavy (non-hydrogen) atoms. The Labute approximate surface area is 178 Å². The van der Waals surface area contributed by atoms with E-state index >= 15 is 0 Å². The SMILES string of the molecule is C1=[NH+][C@@H]2C[C@H]2[NH+]=C/C=C/N[C@H]2C[C@@H]2N/C=C/1.O=S(=O)([O-])C(F)(F)F.O=S(=O)([O-])C(F)(F)F. The first-order valence-corrected chi connectivity index (χ1v) is 11.3. The molecule has 1 aliphatic heterocycles. The van der Waals surface area contributed by atoms with Gasteiger partial charge in [-0.3, -0.25) is 0 Å². The highest BCUT2D eigenvalue weighted by Crippen LogP contribution is 2.21. The fourth-order valence-corrected chi connectivity index (χ4v) is 1.94. The van der Waals surface area contributed by atoms with Crippen LogP contribution in [0.4, 0.5) is 26.3 Å². The molecule has 2 fully saturated rings. The lowest BCUT2D eigenvalue weighted by Gasteiger charge is -2.08. The predicted octanol–water partition coefficient (Wildman–Crippen LogP) is -3.11. The monoisotopic (exact) mass is 516 g/mol. The molecule has 0 bridgehead atoms. The van der Waals surface area contributed by atoms with Gasteiger partial charge in [0.1, 0.15) is 0 Å². The van der Waals surface area contributed by atoms with Crippen molar-refractivity contribution in [3.05, 3.63) is 24.6 Å². The van der Waals surface area contributed by atoms with Crippen LogP contribution in [0.1, 0.15) is 12.8 Å². The summed E-state index contributed by atoms with van der Waals surface area (Å²) in [5, 5.41) is 6.73. The van der Waals surface area contributed by atoms with E-state index in [1.54, 1.807) is 0 Å². The van der Waals surface area contributed by atoms with Gasteiger partial charge in [0.25, 0.3) is 0 Å². The molecule has 184 valence electrons. The molecule has 18 heteroatoms. The number of fused-ring (bicyclic) bond motifs is 2. The molecule has 2 saturated carbocycles. The van der Waals surface area contributed by atoms with E-state index in [1.807, 2.05) is 37.0 Å². The van der Waals surface area contributed by atoms with Gasteiger partial charge in [-0.25, -0.2) is 26.8 Å². The van der Waals surface area contributed by atoms with Gasteiger partial charge in [0, 0.05) is 36.6 Å². The zero-order chi connectivity index (χ0) is 24.8. The first-order valence-electron chi connectivity index (χ1n) is 8.48. The van der Waals surface area contributed by atoms with Crippen LogP contribution in [0.5, 0.6) is 0 Å². The minimum atomic E-state index is -6.09. The Kier molecular flexibility index (Phi) is 9.25. The Morgan fingerprint density at radius 1 is 0.719 bits per heavy atom. The molecule has 0 amide bonds. The molecule has 10 nitrogen and oxygen atoms in total. The fourth-order valence-electron chi connectivity index (χ4n) is 1.94. The summed E-state index contributed by atoms with van der Waals surface area (Å²) >= 11 is 0. The van der Waals surface area contributed by atoms with Gasteiger partial charge in [-0.2, -0.15) is 26.3 Å². The molecule has 1 heterocycles. The quantitative estimate of drug-likeness (QED) is 0.149. The topological polar surface area (TPSA) is 166 Å². The van der Waals surface area contributed by atoms with E-state index < -0.39 is 31.3 Å². The maximum Gasteiger partial charge on any atom is 0.485 e. The average Bonchev–Trinajstić information content (AvgIpc) is 3.49. The van der Waals surface area contributed by atoms with Gasteiger partial charge in [-0.1, -0.05) is 0 Å². The molecule has 0 spiro atoms. The van der Waals surface area contributed by atoms with Crippen molar-refractivity contribution in [1.82, 2.24) is 10.6 Å². The van der Waals surface area contributed by atoms with Gasteiger partial charge in [0.2, 0.25) is 12.1 Å². The van der Waals surface area contributed by atoms with E-state index in [1.165, 1.54) is 12.8 Å². The van der Waals surface area contributed by atoms with E-state index in [9.17, 15) is 26.3 Å². The van der Waals surface area contributed by atoms with E-state index in [-0.39, 0.29) is 0 Å². The summed E-state index contributed by atoms with van der Waals surface area (Å²) in [4.78, 5) is 6.73. The molecule has 2 aliphatic carbocycles. The number of allylic oxidation sites excluding steroid dienone is 2. The minimum Gasteiger partial charge on any atom is -0.741 e. The largest absolute Gasteiger partial charge is 0.741 e. The van der Waals surface area contributed by atoms with Crippen molar-refractivity contribution in [3.8, 4) is 0 Å². The predicted molar refractivity (Wildman–Crippen MR) is 94.5 cm³/mol. The summed E-state index contributed by atoms with van der Waals surface area (Å²) in [5.41, 5.74) is -11.3. The summed E-state index contributed by atoms with van der Waals surface area (Å²) in [6.07, 6.45) is 14.5. The molecular weight excluding hydrogens is 498 g/mol. The highest BCUT2D eigenvalue weighted by molar-refractivity contribution is 7.86. The molecule has 3 rings (SSSR count). The molecule has 0 aromatic carbocycles. The van der Waals surface area contributed by atoms with Crippen molar-refractivity contribution in [1.29, 1.82) is 0 Å². The van der Waals surface area contributed by atoms with Gasteiger partial charge in [0.05, 0.1) is 6.42 Å². The normalized spacial score (nSPS) is 29.0. The minimum absolute atomic E-state index is 0.582. The van der Waals surface area contributed by atoms with Crippen molar-refractivity contribution in [3.63, 3.8) is 0 Å². The molecular formula is C14H18F6N4O6S2. The number of halogens is 6. The summed E-state index contributed by atoms with van der Waals surface area (Å²) in [5.74, 6) is 0. The highest BCUT2D eigenvalue weighted by Gasteiger charge is 2.47. The average molecular weight is 516 g/mol. The molecule has 0 radical (unpaired) electrons. The van der Waals surface area contributed by atoms with Gasteiger partial charge in [-0.15, -0.1) is 0 Å². The number of rotatable bonds is 0. The maximum atomic E-state index is 10.7. The number of nitrogens with one attached hydrogen (secondary N) is 4. The van der Waals surface area contributed by atoms with Crippen LogP contribution in [-0.4, -0.2) is 73.6 Å². The second kappa shape index (κ2) is 10.6. The molecule has 4 atom stereocenters. The Morgan fingerprint density at radius 2 is 1.03 bits per heavy atom. The van der Waals surface area contributed by atoms with Crippen LogP contribution in [0.2, 0.25) is 0 Å². The van der Waals surface area contributed by atoms with Gasteiger partial charge < -0.3 is 19.7 Å². The van der Waals surface area contributed by atoms with Gasteiger partial charge >= 0.3 is 11.0 Å². The number of hydrogen-bond donors (Lipinski definition) is 4. The van der Waals surface area contributed by atoms with E-state index in [2.05, 4.69) is 20.6 Å². The molecule has 0 aromatic rings. The van der Waals surface area contributed by atoms with Crippen molar-refractivity contribution in [2.45, 2.75) is 48.0 Å². The van der Waals surface area contributed by atoms with Crippen LogP contribution in [0.25, 0.3) is 0 Å². The Balaban J connectivity index is 0.000000273. The van der Waals surface area contributed by atoms with Crippen LogP contribution in [0.15, 0.2) is 24.6 Å². The maximum absolute atomic E-state index is 10.7. The zero-order valence-electron chi connectivity index (χ0n) is 15.7. The third-order valence-corrected chi connectivity index (χ3v) is 4.91. The molecule has 0 saturated heterocycles. The Morgan fingerprint density at radius 3 is 1.31 bits per heavy atom. The molecule has 3 aliphatic rings. The zero-order valence-corrected chi connectivity index (χ0v) is 17.4. The van der Waals surface area contributed by atoms with Crippen LogP contribution in [0, 0.1) is 0 Å². The van der Waals surface area contributed by atoms with Crippen molar-refractivity contribution in [2.75, 3.05) is 0 Å². The summed E-state index contributed by atoms with van der Waals surface area (Å²) in [7, 11) is -12.2. The number of hydrogen-bond acceptors (Lipinski definition) is 8. The lowest BCUT2D eigenvalue weighted by Crippen LogP contribution is -2.81. The summed E-state index contributed by atoms with van der Waals surface area (Å²) in [6, 6.07) is 2.33. The lowest BCUT2D eigenvalue weighted by molar-refractivity contribution is -0.536. The number of alkyl halides is 6. The first-order chi connectivity index (χ1) is 14.4. The fraction of sp³-hybridized carbons (Fsp3) is 0.571. The van der Waals surface area contributed by atoms with E-state index in [0.29, 0.717) is 24.2 Å². The molecule has 0 aromatic heterocycles. The van der Waals surface area contributed by atoms with E-state index in [0.717, 1.165) is 0 Å². The van der Waals surface area contributed by atoms with Crippen LogP contribution < -0.4 is 20.6 Å². The third kappa shape index (κ3) is 10.4. The summed E-state index contributed by atoms with van der Waals surface area (Å²) in [6.45, 7) is 0. The van der Waals surface area contributed by atoms with E-state index in [4.69, 9.17) is 25.9 Å². The highest BCUT2D eigenvalue weighted by atomic mass is 32.2. The standard InChI is InChI=1S/C12H16N4.2CHF3O3S/c1-3-13-9-7-11(9)15-5-2-6-16-12-8-10(12)14-4-1;2*2-1(3,4)8(5,6)7/h1-6,9-13,15H,7-8H2;2*(H,5,6,7)/b3-1+,5-2+,14-4?,16-6?;;/t9-,10+,11-,12+;;/m0../s1. The Hall–Kier alpha value is -2.18. The van der Waals surface area contributed by atoms with Crippen molar-refractivity contribution in [2.24, 2.45) is 0 Å². The second-order valence-electron chi connectivity index (χ2n) is 6.42. The molecule has 0 unspecified atom stereocenters. The van der Waals surface area contributed by atoms with Crippen molar-refractivity contribution >= 4 is 32.7 Å². The summed E-state index contributed by atoms with van der Waals surface area (Å²) < 4.78 is 118. The van der Waals surface area contributed by atoms with Crippen LogP contribution >= 0.6 is 0 Å². The van der Waals surface area contributed by atoms with Gasteiger partial charge in [-0.05, 0) is 6.42 Å². The third-order valence-electron chi connectivity index (χ3n) is 3.77. The van der Waals surface area contributed by atoms with Gasteiger partial charge in [0.15, 0.2) is 32.7 Å². The second-order valence-corrected chi connectivity index (χ2v) is 9.16. The van der Waals surface area contributed by atoms with Crippen LogP contribution in [0.3, 0.4) is 0 Å². The van der Waals surface area contributed by atoms with Crippen molar-refractivity contribution < 1.29 is 62.3 Å². The Bertz CT molecular complexity index is 883. The van der Waals surface area contributed by atoms with Crippen LogP contribution in [-0.2, 0) is 20.2 Å². The first kappa shape index (κ1) is 27.9. The smallest absolute Gasteiger partial charge is 0.485 e. The lowest BCUT2D eigenvalue weighted by atomic mass is 10.5. The molecule has 4 N–H and O–H groups in total.